The maximum Gasteiger partial charge on any atom is 0.254 e. The number of thioether (sulfide) groups is 1. The Morgan fingerprint density at radius 3 is 2.85 bits per heavy atom. The molecule has 1 saturated heterocycles. The molecule has 1 aromatic rings. The van der Waals surface area contributed by atoms with Crippen LogP contribution in [0.5, 0.6) is 5.75 Å². The van der Waals surface area contributed by atoms with E-state index in [1.807, 2.05) is 23.6 Å². The zero-order valence-electron chi connectivity index (χ0n) is 12.3. The molecule has 1 aliphatic heterocycles. The number of rotatable bonds is 3. The van der Waals surface area contributed by atoms with Gasteiger partial charge in [0.2, 0.25) is 0 Å². The molecule has 0 aromatic heterocycles. The van der Waals surface area contributed by atoms with E-state index in [1.165, 1.54) is 0 Å². The van der Waals surface area contributed by atoms with Gasteiger partial charge in [0.1, 0.15) is 5.75 Å². The number of nitrogen functional groups attached to an aromatic ring is 1. The first-order valence-electron chi connectivity index (χ1n) is 6.88. The molecule has 1 amide bonds. The Morgan fingerprint density at radius 2 is 2.25 bits per heavy atom. The van der Waals surface area contributed by atoms with Crippen molar-refractivity contribution in [2.45, 2.75) is 25.5 Å². The Morgan fingerprint density at radius 1 is 1.50 bits per heavy atom. The molecule has 0 atom stereocenters. The van der Waals surface area contributed by atoms with Gasteiger partial charge in [-0.2, -0.15) is 11.8 Å². The summed E-state index contributed by atoms with van der Waals surface area (Å²) in [5.41, 5.74) is 7.08. The lowest BCUT2D eigenvalue weighted by atomic mass is 10.1. The summed E-state index contributed by atoms with van der Waals surface area (Å²) < 4.78 is 5.51. The fourth-order valence-electron chi connectivity index (χ4n) is 2.34. The number of nitrogens with two attached hydrogens (primary N) is 1. The van der Waals surface area contributed by atoms with Gasteiger partial charge < -0.3 is 15.4 Å². The molecule has 2 rings (SSSR count). The van der Waals surface area contributed by atoms with E-state index in [2.05, 4.69) is 13.8 Å². The average Bonchev–Trinajstić information content (AvgIpc) is 2.39. The van der Waals surface area contributed by atoms with Crippen LogP contribution in [0.4, 0.5) is 5.69 Å². The number of hydrogen-bond acceptors (Lipinski definition) is 4. The Labute approximate surface area is 124 Å². The molecule has 1 aliphatic rings. The molecule has 20 heavy (non-hydrogen) atoms. The number of carbonyl (C=O) groups is 1. The van der Waals surface area contributed by atoms with E-state index in [0.717, 1.165) is 18.8 Å². The molecule has 110 valence electrons. The van der Waals surface area contributed by atoms with Crippen LogP contribution in [0.15, 0.2) is 18.2 Å². The van der Waals surface area contributed by atoms with Crippen LogP contribution in [0.3, 0.4) is 0 Å². The molecule has 0 bridgehead atoms. The molecule has 1 heterocycles. The fraction of sp³-hybridized carbons (Fsp3) is 0.533. The number of benzene rings is 1. The highest BCUT2D eigenvalue weighted by Crippen LogP contribution is 2.31. The summed E-state index contributed by atoms with van der Waals surface area (Å²) in [6.07, 6.45) is 0. The summed E-state index contributed by atoms with van der Waals surface area (Å²) in [4.78, 5) is 14.4. The van der Waals surface area contributed by atoms with E-state index in [0.29, 0.717) is 23.6 Å². The van der Waals surface area contributed by atoms with Crippen LogP contribution in [-0.4, -0.2) is 41.0 Å². The molecular formula is C15H22N2O2S. The highest BCUT2D eigenvalue weighted by atomic mass is 32.2. The largest absolute Gasteiger partial charge is 0.492 e. The summed E-state index contributed by atoms with van der Waals surface area (Å²) in [5.74, 6) is 1.66. The van der Waals surface area contributed by atoms with E-state index in [1.54, 1.807) is 18.2 Å². The Kier molecular flexibility index (Phi) is 4.48. The topological polar surface area (TPSA) is 55.6 Å². The van der Waals surface area contributed by atoms with Crippen molar-refractivity contribution in [3.05, 3.63) is 23.8 Å². The zero-order valence-corrected chi connectivity index (χ0v) is 13.1. The lowest BCUT2D eigenvalue weighted by Gasteiger charge is -2.37. The van der Waals surface area contributed by atoms with Crippen molar-refractivity contribution in [1.82, 2.24) is 4.90 Å². The lowest BCUT2D eigenvalue weighted by molar-refractivity contribution is 0.0748. The minimum atomic E-state index is 0.0492. The van der Waals surface area contributed by atoms with Gasteiger partial charge in [0, 0.05) is 29.2 Å². The van der Waals surface area contributed by atoms with Gasteiger partial charge in [-0.3, -0.25) is 4.79 Å². The second kappa shape index (κ2) is 5.95. The third-order valence-electron chi connectivity index (χ3n) is 3.27. The van der Waals surface area contributed by atoms with Gasteiger partial charge in [-0.05, 0) is 39.0 Å². The maximum atomic E-state index is 12.5. The monoisotopic (exact) mass is 294 g/mol. The van der Waals surface area contributed by atoms with Gasteiger partial charge in [0.05, 0.1) is 12.3 Å². The number of hydrogen-bond donors (Lipinski definition) is 1. The van der Waals surface area contributed by atoms with Gasteiger partial charge in [0.25, 0.3) is 5.91 Å². The van der Waals surface area contributed by atoms with Crippen molar-refractivity contribution in [3.8, 4) is 5.75 Å². The quantitative estimate of drug-likeness (QED) is 0.871. The van der Waals surface area contributed by atoms with E-state index in [-0.39, 0.29) is 10.7 Å². The van der Waals surface area contributed by atoms with Crippen LogP contribution < -0.4 is 10.5 Å². The molecule has 0 unspecified atom stereocenters. The predicted molar refractivity (Wildman–Crippen MR) is 84.5 cm³/mol. The summed E-state index contributed by atoms with van der Waals surface area (Å²) in [5, 5.41) is 0. The zero-order chi connectivity index (χ0) is 14.8. The van der Waals surface area contributed by atoms with Gasteiger partial charge in [-0.1, -0.05) is 0 Å². The van der Waals surface area contributed by atoms with E-state index in [9.17, 15) is 4.79 Å². The molecule has 1 fully saturated rings. The first-order valence-corrected chi connectivity index (χ1v) is 7.87. The normalized spacial score (nSPS) is 17.9. The van der Waals surface area contributed by atoms with Crippen molar-refractivity contribution in [3.63, 3.8) is 0 Å². The number of amides is 1. The van der Waals surface area contributed by atoms with Crippen molar-refractivity contribution >= 4 is 23.4 Å². The Hall–Kier alpha value is -1.36. The molecule has 0 saturated carbocycles. The highest BCUT2D eigenvalue weighted by Gasteiger charge is 2.30. The van der Waals surface area contributed by atoms with Crippen LogP contribution in [0.1, 0.15) is 31.1 Å². The molecule has 2 N–H and O–H groups in total. The molecular weight excluding hydrogens is 272 g/mol. The second-order valence-electron chi connectivity index (χ2n) is 5.52. The minimum absolute atomic E-state index is 0.0492. The van der Waals surface area contributed by atoms with Crippen molar-refractivity contribution < 1.29 is 9.53 Å². The molecule has 1 aromatic carbocycles. The number of nitrogens with zero attached hydrogens (tertiary/aromatic N) is 1. The van der Waals surface area contributed by atoms with Gasteiger partial charge in [-0.25, -0.2) is 0 Å². The third-order valence-corrected chi connectivity index (χ3v) is 4.57. The highest BCUT2D eigenvalue weighted by molar-refractivity contribution is 8.00. The summed E-state index contributed by atoms with van der Waals surface area (Å²) >= 11 is 1.91. The smallest absolute Gasteiger partial charge is 0.254 e. The van der Waals surface area contributed by atoms with Gasteiger partial charge in [0.15, 0.2) is 0 Å². The maximum absolute atomic E-state index is 12.5. The van der Waals surface area contributed by atoms with Crippen LogP contribution in [-0.2, 0) is 0 Å². The third kappa shape index (κ3) is 3.39. The van der Waals surface area contributed by atoms with E-state index < -0.39 is 0 Å². The standard InChI is InChI=1S/C15H22N2O2S/c1-4-19-13-6-5-11(9-12(13)16)14(18)17-7-8-20-15(2,3)10-17/h5-6,9H,4,7-8,10,16H2,1-3H3. The second-order valence-corrected chi connectivity index (χ2v) is 7.32. The summed E-state index contributed by atoms with van der Waals surface area (Å²) in [6.45, 7) is 8.37. The summed E-state index contributed by atoms with van der Waals surface area (Å²) in [7, 11) is 0. The fourth-order valence-corrected chi connectivity index (χ4v) is 3.45. The molecule has 4 nitrogen and oxygen atoms in total. The lowest BCUT2D eigenvalue weighted by Crippen LogP contribution is -2.46. The molecule has 0 radical (unpaired) electrons. The van der Waals surface area contributed by atoms with E-state index >= 15 is 0 Å². The minimum Gasteiger partial charge on any atom is -0.492 e. The molecule has 0 aliphatic carbocycles. The van der Waals surface area contributed by atoms with Crippen LogP contribution in [0, 0.1) is 0 Å². The van der Waals surface area contributed by atoms with Gasteiger partial charge in [-0.15, -0.1) is 0 Å². The SMILES string of the molecule is CCOc1ccc(C(=O)N2CCSC(C)(C)C2)cc1N. The van der Waals surface area contributed by atoms with E-state index in [4.69, 9.17) is 10.5 Å². The van der Waals surface area contributed by atoms with Crippen LogP contribution >= 0.6 is 11.8 Å². The summed E-state index contributed by atoms with van der Waals surface area (Å²) in [6, 6.07) is 5.27. The number of ether oxygens (including phenoxy) is 1. The molecule has 5 heteroatoms. The van der Waals surface area contributed by atoms with Crippen molar-refractivity contribution in [2.24, 2.45) is 0 Å². The average molecular weight is 294 g/mol. The van der Waals surface area contributed by atoms with Crippen molar-refractivity contribution in [1.29, 1.82) is 0 Å². The first-order chi connectivity index (χ1) is 9.43. The number of carbonyl (C=O) groups excluding carboxylic acids is 1. The number of anilines is 1. The molecule has 0 spiro atoms. The van der Waals surface area contributed by atoms with Crippen LogP contribution in [0.25, 0.3) is 0 Å². The Bertz CT molecular complexity index is 503. The van der Waals surface area contributed by atoms with Crippen LogP contribution in [0.2, 0.25) is 0 Å². The van der Waals surface area contributed by atoms with Gasteiger partial charge >= 0.3 is 0 Å². The van der Waals surface area contributed by atoms with Crippen molar-refractivity contribution in [2.75, 3.05) is 31.2 Å². The first kappa shape index (κ1) is 15.0. The Balaban J connectivity index is 2.15. The predicted octanol–water partition coefficient (Wildman–Crippen LogP) is 2.64.